The smallest absolute Gasteiger partial charge is 0.234 e. The lowest BCUT2D eigenvalue weighted by Gasteiger charge is -2.09. The maximum Gasteiger partial charge on any atom is 0.234 e. The second-order valence-corrected chi connectivity index (χ2v) is 6.31. The number of ether oxygens (including phenoxy) is 3. The molecule has 0 aliphatic carbocycles. The zero-order valence-electron chi connectivity index (χ0n) is 15.9. The highest BCUT2D eigenvalue weighted by atomic mass is 16.5. The van der Waals surface area contributed by atoms with Crippen LogP contribution in [0, 0.1) is 0 Å². The summed E-state index contributed by atoms with van der Waals surface area (Å²) in [6, 6.07) is 17.6. The minimum atomic E-state index is 0.0455. The third-order valence-electron chi connectivity index (χ3n) is 3.90. The van der Waals surface area contributed by atoms with Gasteiger partial charge in [-0.15, -0.1) is 5.10 Å². The molecule has 1 heterocycles. The Morgan fingerprint density at radius 3 is 2.26 bits per heavy atom. The summed E-state index contributed by atoms with van der Waals surface area (Å²) in [7, 11) is 1.65. The molecule has 0 saturated carbocycles. The van der Waals surface area contributed by atoms with Crippen molar-refractivity contribution in [3.8, 4) is 34.3 Å². The molecule has 0 saturated heterocycles. The number of nitrogens with two attached hydrogens (primary N) is 1. The number of rotatable bonds is 8. The third-order valence-corrected chi connectivity index (χ3v) is 3.90. The molecule has 6 heteroatoms. The molecule has 3 aromatic rings. The number of nitrogens with zero attached hydrogens (tertiary/aromatic N) is 2. The summed E-state index contributed by atoms with van der Waals surface area (Å²) in [6.45, 7) is 4.95. The van der Waals surface area contributed by atoms with Gasteiger partial charge in [0.25, 0.3) is 0 Å². The third kappa shape index (κ3) is 4.60. The first-order chi connectivity index (χ1) is 13.1. The van der Waals surface area contributed by atoms with Gasteiger partial charge in [-0.3, -0.25) is 0 Å². The number of hydrogen-bond donors (Lipinski definition) is 1. The van der Waals surface area contributed by atoms with E-state index >= 15 is 0 Å². The maximum atomic E-state index is 5.81. The fourth-order valence-corrected chi connectivity index (χ4v) is 2.68. The van der Waals surface area contributed by atoms with Crippen LogP contribution in [0.4, 0.5) is 0 Å². The van der Waals surface area contributed by atoms with E-state index in [-0.39, 0.29) is 6.10 Å². The van der Waals surface area contributed by atoms with Crippen LogP contribution in [0.5, 0.6) is 17.4 Å². The molecule has 0 bridgehead atoms. The van der Waals surface area contributed by atoms with Crippen LogP contribution in [0.3, 0.4) is 0 Å². The SMILES string of the molecule is COc1ccc(-n2nc(OC(C)C)cc2-c2ccc(OCCN)cc2)cc1. The summed E-state index contributed by atoms with van der Waals surface area (Å²) in [6.07, 6.45) is 0.0455. The van der Waals surface area contributed by atoms with E-state index in [2.05, 4.69) is 5.10 Å². The average Bonchev–Trinajstić information content (AvgIpc) is 3.10. The van der Waals surface area contributed by atoms with Crippen molar-refractivity contribution in [2.45, 2.75) is 20.0 Å². The predicted octanol–water partition coefficient (Wildman–Crippen LogP) is 3.67. The Balaban J connectivity index is 1.97. The van der Waals surface area contributed by atoms with E-state index in [9.17, 15) is 0 Å². The van der Waals surface area contributed by atoms with Crippen LogP contribution in [0.25, 0.3) is 16.9 Å². The van der Waals surface area contributed by atoms with Gasteiger partial charge in [0.05, 0.1) is 24.6 Å². The number of hydrogen-bond acceptors (Lipinski definition) is 5. The Hall–Kier alpha value is -2.99. The fraction of sp³-hybridized carbons (Fsp3) is 0.286. The summed E-state index contributed by atoms with van der Waals surface area (Å²) in [5.74, 6) is 2.17. The Morgan fingerprint density at radius 1 is 1.00 bits per heavy atom. The highest BCUT2D eigenvalue weighted by molar-refractivity contribution is 5.64. The summed E-state index contributed by atoms with van der Waals surface area (Å²) in [5.41, 5.74) is 8.35. The minimum absolute atomic E-state index is 0.0455. The van der Waals surface area contributed by atoms with Crippen LogP contribution in [-0.4, -0.2) is 36.1 Å². The molecule has 2 aromatic carbocycles. The Kier molecular flexibility index (Phi) is 5.98. The van der Waals surface area contributed by atoms with Crippen LogP contribution >= 0.6 is 0 Å². The maximum absolute atomic E-state index is 5.81. The normalized spacial score (nSPS) is 10.9. The quantitative estimate of drug-likeness (QED) is 0.658. The van der Waals surface area contributed by atoms with Gasteiger partial charge in [-0.25, -0.2) is 4.68 Å². The lowest BCUT2D eigenvalue weighted by atomic mass is 10.1. The molecule has 27 heavy (non-hydrogen) atoms. The molecule has 0 radical (unpaired) electrons. The van der Waals surface area contributed by atoms with Crippen molar-refractivity contribution in [1.29, 1.82) is 0 Å². The first kappa shape index (κ1) is 18.8. The molecule has 0 amide bonds. The molecular weight excluding hydrogens is 342 g/mol. The predicted molar refractivity (Wildman–Crippen MR) is 106 cm³/mol. The van der Waals surface area contributed by atoms with Gasteiger partial charge in [0.1, 0.15) is 18.1 Å². The number of methoxy groups -OCH3 is 1. The van der Waals surface area contributed by atoms with Crippen LogP contribution in [0.1, 0.15) is 13.8 Å². The van der Waals surface area contributed by atoms with E-state index in [0.717, 1.165) is 28.4 Å². The van der Waals surface area contributed by atoms with Gasteiger partial charge in [0.15, 0.2) is 0 Å². The van der Waals surface area contributed by atoms with Crippen molar-refractivity contribution < 1.29 is 14.2 Å². The van der Waals surface area contributed by atoms with Crippen molar-refractivity contribution in [3.05, 3.63) is 54.6 Å². The van der Waals surface area contributed by atoms with Crippen LogP contribution in [0.2, 0.25) is 0 Å². The largest absolute Gasteiger partial charge is 0.497 e. The second-order valence-electron chi connectivity index (χ2n) is 6.31. The fourth-order valence-electron chi connectivity index (χ4n) is 2.68. The standard InChI is InChI=1S/C21H25N3O3/c1-15(2)27-21-14-20(16-4-8-19(9-5-16)26-13-12-22)24(23-21)17-6-10-18(25-3)11-7-17/h4-11,14-15H,12-13,22H2,1-3H3. The van der Waals surface area contributed by atoms with Crippen LogP contribution < -0.4 is 19.9 Å². The van der Waals surface area contributed by atoms with Gasteiger partial charge < -0.3 is 19.9 Å². The summed E-state index contributed by atoms with van der Waals surface area (Å²) in [4.78, 5) is 0. The van der Waals surface area contributed by atoms with Gasteiger partial charge >= 0.3 is 0 Å². The Bertz CT molecular complexity index is 855. The molecule has 0 unspecified atom stereocenters. The van der Waals surface area contributed by atoms with E-state index in [4.69, 9.17) is 19.9 Å². The van der Waals surface area contributed by atoms with E-state index in [1.54, 1.807) is 7.11 Å². The molecule has 2 N–H and O–H groups in total. The molecule has 3 rings (SSSR count). The number of benzene rings is 2. The van der Waals surface area contributed by atoms with Crippen molar-refractivity contribution in [2.24, 2.45) is 5.73 Å². The lowest BCUT2D eigenvalue weighted by molar-refractivity contribution is 0.231. The molecule has 0 aliphatic heterocycles. The van der Waals surface area contributed by atoms with E-state index in [0.29, 0.717) is 19.0 Å². The minimum Gasteiger partial charge on any atom is -0.497 e. The molecule has 0 atom stereocenters. The van der Waals surface area contributed by atoms with Gasteiger partial charge in [0, 0.05) is 18.2 Å². The zero-order valence-corrected chi connectivity index (χ0v) is 15.9. The monoisotopic (exact) mass is 367 g/mol. The van der Waals surface area contributed by atoms with Crippen molar-refractivity contribution >= 4 is 0 Å². The summed E-state index contributed by atoms with van der Waals surface area (Å²) in [5, 5.41) is 4.63. The first-order valence-corrected chi connectivity index (χ1v) is 8.95. The first-order valence-electron chi connectivity index (χ1n) is 8.95. The van der Waals surface area contributed by atoms with E-state index < -0.39 is 0 Å². The van der Waals surface area contributed by atoms with E-state index in [1.807, 2.05) is 73.1 Å². The summed E-state index contributed by atoms with van der Waals surface area (Å²) >= 11 is 0. The Labute approximate surface area is 159 Å². The molecule has 1 aromatic heterocycles. The van der Waals surface area contributed by atoms with Crippen LogP contribution in [0.15, 0.2) is 54.6 Å². The molecule has 0 spiro atoms. The Morgan fingerprint density at radius 2 is 1.67 bits per heavy atom. The molecule has 0 aliphatic rings. The van der Waals surface area contributed by atoms with Gasteiger partial charge in [-0.1, -0.05) is 0 Å². The highest BCUT2D eigenvalue weighted by Gasteiger charge is 2.14. The van der Waals surface area contributed by atoms with Gasteiger partial charge in [0.2, 0.25) is 5.88 Å². The second kappa shape index (κ2) is 8.60. The molecular formula is C21H25N3O3. The molecule has 0 fully saturated rings. The summed E-state index contributed by atoms with van der Waals surface area (Å²) < 4.78 is 18.5. The van der Waals surface area contributed by atoms with Crippen molar-refractivity contribution in [1.82, 2.24) is 9.78 Å². The highest BCUT2D eigenvalue weighted by Crippen LogP contribution is 2.29. The zero-order chi connectivity index (χ0) is 19.2. The molecule has 6 nitrogen and oxygen atoms in total. The number of aromatic nitrogens is 2. The molecule has 142 valence electrons. The van der Waals surface area contributed by atoms with Crippen LogP contribution in [-0.2, 0) is 0 Å². The van der Waals surface area contributed by atoms with E-state index in [1.165, 1.54) is 0 Å². The van der Waals surface area contributed by atoms with Gasteiger partial charge in [-0.05, 0) is 62.4 Å². The average molecular weight is 367 g/mol. The van der Waals surface area contributed by atoms with Crippen molar-refractivity contribution in [3.63, 3.8) is 0 Å². The van der Waals surface area contributed by atoms with Crippen molar-refractivity contribution in [2.75, 3.05) is 20.3 Å². The topological polar surface area (TPSA) is 71.5 Å². The lowest BCUT2D eigenvalue weighted by Crippen LogP contribution is -2.10. The van der Waals surface area contributed by atoms with Gasteiger partial charge in [-0.2, -0.15) is 0 Å².